The molecule has 0 radical (unpaired) electrons. The molecule has 3 heteroatoms. The number of aromatic amines is 1. The van der Waals surface area contributed by atoms with Crippen LogP contribution in [0.5, 0.6) is 0 Å². The third kappa shape index (κ3) is 4.52. The molecule has 1 aromatic carbocycles. The standard InChI is InChI=1S/C16H23N3/c1-2-3-4-10-17-11-9-14-5-7-15(8-6-14)16-18-12-13-19-16/h5-8,12-13,17H,2-4,9-11H2,1H3,(H,18,19). The van der Waals surface area contributed by atoms with Crippen LogP contribution >= 0.6 is 0 Å². The van der Waals surface area contributed by atoms with E-state index in [-0.39, 0.29) is 0 Å². The Balaban J connectivity index is 1.73. The van der Waals surface area contributed by atoms with E-state index in [0.29, 0.717) is 0 Å². The highest BCUT2D eigenvalue weighted by Crippen LogP contribution is 2.15. The molecule has 0 aliphatic rings. The zero-order chi connectivity index (χ0) is 13.3. The third-order valence-electron chi connectivity index (χ3n) is 3.27. The Morgan fingerprint density at radius 3 is 2.63 bits per heavy atom. The zero-order valence-electron chi connectivity index (χ0n) is 11.7. The van der Waals surface area contributed by atoms with Crippen LogP contribution in [0.4, 0.5) is 0 Å². The molecule has 0 saturated carbocycles. The van der Waals surface area contributed by atoms with Gasteiger partial charge in [0.1, 0.15) is 5.82 Å². The summed E-state index contributed by atoms with van der Waals surface area (Å²) in [6, 6.07) is 8.63. The van der Waals surface area contributed by atoms with E-state index < -0.39 is 0 Å². The van der Waals surface area contributed by atoms with Gasteiger partial charge in [-0.1, -0.05) is 44.0 Å². The molecule has 2 N–H and O–H groups in total. The van der Waals surface area contributed by atoms with Gasteiger partial charge in [0.15, 0.2) is 0 Å². The fourth-order valence-corrected chi connectivity index (χ4v) is 2.11. The Bertz CT molecular complexity index is 445. The van der Waals surface area contributed by atoms with E-state index in [1.54, 1.807) is 6.20 Å². The first-order valence-corrected chi connectivity index (χ1v) is 7.19. The Morgan fingerprint density at radius 2 is 1.95 bits per heavy atom. The van der Waals surface area contributed by atoms with Crippen molar-refractivity contribution in [2.45, 2.75) is 32.6 Å². The van der Waals surface area contributed by atoms with Gasteiger partial charge in [-0.15, -0.1) is 0 Å². The summed E-state index contributed by atoms with van der Waals surface area (Å²) >= 11 is 0. The van der Waals surface area contributed by atoms with Crippen molar-refractivity contribution in [1.29, 1.82) is 0 Å². The van der Waals surface area contributed by atoms with E-state index in [0.717, 1.165) is 30.9 Å². The van der Waals surface area contributed by atoms with Gasteiger partial charge in [0.05, 0.1) is 0 Å². The van der Waals surface area contributed by atoms with Crippen LogP contribution in [0.25, 0.3) is 11.4 Å². The molecule has 0 saturated heterocycles. The Labute approximate surface area is 115 Å². The number of imidazole rings is 1. The van der Waals surface area contributed by atoms with Gasteiger partial charge in [0.25, 0.3) is 0 Å². The molecule has 3 nitrogen and oxygen atoms in total. The summed E-state index contributed by atoms with van der Waals surface area (Å²) in [5.74, 6) is 0.934. The van der Waals surface area contributed by atoms with Crippen LogP contribution in [-0.2, 0) is 6.42 Å². The number of aromatic nitrogens is 2. The van der Waals surface area contributed by atoms with Crippen LogP contribution in [0, 0.1) is 0 Å². The smallest absolute Gasteiger partial charge is 0.137 e. The van der Waals surface area contributed by atoms with E-state index in [1.165, 1.54) is 24.8 Å². The lowest BCUT2D eigenvalue weighted by Crippen LogP contribution is -2.18. The van der Waals surface area contributed by atoms with Crippen LogP contribution in [0.2, 0.25) is 0 Å². The summed E-state index contributed by atoms with van der Waals surface area (Å²) in [5, 5.41) is 3.49. The van der Waals surface area contributed by atoms with E-state index in [9.17, 15) is 0 Å². The molecule has 0 bridgehead atoms. The van der Waals surface area contributed by atoms with Crippen molar-refractivity contribution >= 4 is 0 Å². The van der Waals surface area contributed by atoms with E-state index in [1.807, 2.05) is 6.20 Å². The molecule has 0 aliphatic heterocycles. The van der Waals surface area contributed by atoms with Crippen molar-refractivity contribution in [2.24, 2.45) is 0 Å². The molecule has 0 fully saturated rings. The third-order valence-corrected chi connectivity index (χ3v) is 3.27. The minimum Gasteiger partial charge on any atom is -0.345 e. The summed E-state index contributed by atoms with van der Waals surface area (Å²) in [4.78, 5) is 7.37. The molecule has 102 valence electrons. The minimum atomic E-state index is 0.934. The fraction of sp³-hybridized carbons (Fsp3) is 0.438. The first-order valence-electron chi connectivity index (χ1n) is 7.19. The number of nitrogens with zero attached hydrogens (tertiary/aromatic N) is 1. The van der Waals surface area contributed by atoms with Gasteiger partial charge in [-0.05, 0) is 31.5 Å². The maximum absolute atomic E-state index is 4.25. The van der Waals surface area contributed by atoms with Crippen LogP contribution in [0.1, 0.15) is 31.7 Å². The summed E-state index contributed by atoms with van der Waals surface area (Å²) < 4.78 is 0. The van der Waals surface area contributed by atoms with Crippen molar-refractivity contribution < 1.29 is 0 Å². The minimum absolute atomic E-state index is 0.934. The number of H-pyrrole nitrogens is 1. The van der Waals surface area contributed by atoms with Gasteiger partial charge < -0.3 is 10.3 Å². The maximum Gasteiger partial charge on any atom is 0.137 e. The highest BCUT2D eigenvalue weighted by Gasteiger charge is 1.99. The largest absolute Gasteiger partial charge is 0.345 e. The molecular formula is C16H23N3. The monoisotopic (exact) mass is 257 g/mol. The second-order valence-electron chi connectivity index (χ2n) is 4.84. The van der Waals surface area contributed by atoms with E-state index in [4.69, 9.17) is 0 Å². The van der Waals surface area contributed by atoms with E-state index >= 15 is 0 Å². The SMILES string of the molecule is CCCCCNCCc1ccc(-c2ncc[nH]2)cc1. The summed E-state index contributed by atoms with van der Waals surface area (Å²) in [6.07, 6.45) is 8.62. The number of benzene rings is 1. The normalized spacial score (nSPS) is 10.8. The predicted molar refractivity (Wildman–Crippen MR) is 80.1 cm³/mol. The van der Waals surface area contributed by atoms with Crippen molar-refractivity contribution in [1.82, 2.24) is 15.3 Å². The quantitative estimate of drug-likeness (QED) is 0.712. The number of nitrogens with one attached hydrogen (secondary N) is 2. The fourth-order valence-electron chi connectivity index (χ4n) is 2.11. The molecule has 0 amide bonds. The molecule has 1 heterocycles. The molecule has 2 aromatic rings. The molecule has 0 atom stereocenters. The van der Waals surface area contributed by atoms with Gasteiger partial charge in [0.2, 0.25) is 0 Å². The predicted octanol–water partition coefficient (Wildman–Crippen LogP) is 3.40. The number of rotatable bonds is 8. The van der Waals surface area contributed by atoms with E-state index in [2.05, 4.69) is 46.5 Å². The van der Waals surface area contributed by atoms with Crippen molar-refractivity contribution in [2.75, 3.05) is 13.1 Å². The van der Waals surface area contributed by atoms with Gasteiger partial charge in [-0.25, -0.2) is 4.98 Å². The first-order chi connectivity index (χ1) is 9.40. The molecule has 0 spiro atoms. The molecule has 0 aliphatic carbocycles. The molecule has 1 aromatic heterocycles. The first kappa shape index (κ1) is 13.8. The molecule has 0 unspecified atom stereocenters. The van der Waals surface area contributed by atoms with Gasteiger partial charge in [0, 0.05) is 18.0 Å². The average molecular weight is 257 g/mol. The number of unbranched alkanes of at least 4 members (excludes halogenated alkanes) is 2. The number of hydrogen-bond acceptors (Lipinski definition) is 2. The second kappa shape index (κ2) is 7.74. The van der Waals surface area contributed by atoms with Crippen molar-refractivity contribution in [3.05, 3.63) is 42.2 Å². The number of hydrogen-bond donors (Lipinski definition) is 2. The highest BCUT2D eigenvalue weighted by molar-refractivity contribution is 5.55. The Kier molecular flexibility index (Phi) is 5.63. The van der Waals surface area contributed by atoms with Crippen LogP contribution in [-0.4, -0.2) is 23.1 Å². The van der Waals surface area contributed by atoms with Crippen LogP contribution < -0.4 is 5.32 Å². The Hall–Kier alpha value is -1.61. The topological polar surface area (TPSA) is 40.7 Å². The lowest BCUT2D eigenvalue weighted by molar-refractivity contribution is 0.617. The van der Waals surface area contributed by atoms with Gasteiger partial charge >= 0.3 is 0 Å². The zero-order valence-corrected chi connectivity index (χ0v) is 11.7. The van der Waals surface area contributed by atoms with Gasteiger partial charge in [-0.2, -0.15) is 0 Å². The molecule has 19 heavy (non-hydrogen) atoms. The summed E-state index contributed by atoms with van der Waals surface area (Å²) in [7, 11) is 0. The van der Waals surface area contributed by atoms with Gasteiger partial charge in [-0.3, -0.25) is 0 Å². The molecule has 2 rings (SSSR count). The van der Waals surface area contributed by atoms with Crippen molar-refractivity contribution in [3.63, 3.8) is 0 Å². The lowest BCUT2D eigenvalue weighted by Gasteiger charge is -2.05. The molecular weight excluding hydrogens is 234 g/mol. The summed E-state index contributed by atoms with van der Waals surface area (Å²) in [5.41, 5.74) is 2.52. The second-order valence-corrected chi connectivity index (χ2v) is 4.84. The highest BCUT2D eigenvalue weighted by atomic mass is 14.9. The lowest BCUT2D eigenvalue weighted by atomic mass is 10.1. The van der Waals surface area contributed by atoms with Crippen LogP contribution in [0.3, 0.4) is 0 Å². The summed E-state index contributed by atoms with van der Waals surface area (Å²) in [6.45, 7) is 4.43. The van der Waals surface area contributed by atoms with Crippen LogP contribution in [0.15, 0.2) is 36.7 Å². The van der Waals surface area contributed by atoms with Crippen molar-refractivity contribution in [3.8, 4) is 11.4 Å². The Morgan fingerprint density at radius 1 is 1.11 bits per heavy atom. The average Bonchev–Trinajstić information content (AvgIpc) is 2.97. The maximum atomic E-state index is 4.25.